The number of aliphatic hydroxyl groups is 2. The van der Waals surface area contributed by atoms with Crippen molar-refractivity contribution in [3.8, 4) is 0 Å². The number of amides is 2. The number of halogens is 1. The summed E-state index contributed by atoms with van der Waals surface area (Å²) in [5.74, 6) is -1.34. The molecule has 1 aromatic rings. The molecule has 4 N–H and O–H groups in total. The molecule has 7 nitrogen and oxygen atoms in total. The van der Waals surface area contributed by atoms with Crippen LogP contribution in [0.1, 0.15) is 44.2 Å². The number of benzene rings is 1. The van der Waals surface area contributed by atoms with E-state index in [2.05, 4.69) is 26.6 Å². The van der Waals surface area contributed by atoms with Gasteiger partial charge in [0.15, 0.2) is 12.2 Å². The number of aliphatic hydroxyl groups excluding tert-OH is 2. The van der Waals surface area contributed by atoms with Crippen molar-refractivity contribution in [3.05, 3.63) is 34.3 Å². The van der Waals surface area contributed by atoms with Gasteiger partial charge < -0.3 is 25.7 Å². The molecule has 2 aliphatic heterocycles. The van der Waals surface area contributed by atoms with Crippen molar-refractivity contribution in [1.82, 2.24) is 15.5 Å². The summed E-state index contributed by atoms with van der Waals surface area (Å²) in [6, 6.07) is 7.07. The third-order valence-corrected chi connectivity index (χ3v) is 6.77. The Kier molecular flexibility index (Phi) is 7.32. The van der Waals surface area contributed by atoms with E-state index in [-0.39, 0.29) is 11.5 Å². The molecule has 2 saturated heterocycles. The van der Waals surface area contributed by atoms with E-state index < -0.39 is 24.0 Å². The summed E-state index contributed by atoms with van der Waals surface area (Å²) in [4.78, 5) is 26.5. The van der Waals surface area contributed by atoms with Crippen LogP contribution in [0.4, 0.5) is 0 Å². The van der Waals surface area contributed by atoms with Crippen LogP contribution >= 0.6 is 15.9 Å². The minimum Gasteiger partial charge on any atom is -0.380 e. The number of piperidine rings is 2. The zero-order valence-electron chi connectivity index (χ0n) is 16.7. The maximum atomic E-state index is 12.6. The number of carbonyl (C=O) groups is 2. The van der Waals surface area contributed by atoms with Gasteiger partial charge in [0.1, 0.15) is 0 Å². The van der Waals surface area contributed by atoms with Crippen LogP contribution < -0.4 is 10.6 Å². The lowest BCUT2D eigenvalue weighted by Gasteiger charge is -2.44. The largest absolute Gasteiger partial charge is 0.380 e. The van der Waals surface area contributed by atoms with Crippen LogP contribution in [0.15, 0.2) is 28.7 Å². The van der Waals surface area contributed by atoms with Crippen LogP contribution in [0.3, 0.4) is 0 Å². The standard InChI is InChI=1S/C21H30BrN3O4/c1-14(15-3-5-16(22)6-4-15)24-19(28)17(26)18(27)20(29)25-11-8-21(9-12-25)7-2-10-23-13-21/h3-6,14,17-18,23,26-27H,2,7-13H2,1H3,(H,24,28). The molecule has 8 heteroatoms. The van der Waals surface area contributed by atoms with Gasteiger partial charge in [0.05, 0.1) is 6.04 Å². The fraction of sp³-hybridized carbons (Fsp3) is 0.619. The van der Waals surface area contributed by atoms with Crippen LogP contribution in [0.25, 0.3) is 0 Å². The van der Waals surface area contributed by atoms with Crippen LogP contribution in [-0.2, 0) is 9.59 Å². The van der Waals surface area contributed by atoms with E-state index in [9.17, 15) is 19.8 Å². The summed E-state index contributed by atoms with van der Waals surface area (Å²) in [6.07, 6.45) is 0.497. The molecule has 0 saturated carbocycles. The molecule has 1 spiro atoms. The van der Waals surface area contributed by atoms with Crippen molar-refractivity contribution in [2.24, 2.45) is 5.41 Å². The van der Waals surface area contributed by atoms with Gasteiger partial charge in [0, 0.05) is 24.1 Å². The predicted molar refractivity (Wildman–Crippen MR) is 113 cm³/mol. The Morgan fingerprint density at radius 3 is 2.38 bits per heavy atom. The van der Waals surface area contributed by atoms with Gasteiger partial charge in [0.25, 0.3) is 11.8 Å². The molecule has 2 heterocycles. The molecule has 2 amide bonds. The quantitative estimate of drug-likeness (QED) is 0.523. The van der Waals surface area contributed by atoms with Crippen LogP contribution in [0.2, 0.25) is 0 Å². The second-order valence-corrected chi connectivity index (χ2v) is 9.19. The molecule has 3 unspecified atom stereocenters. The first-order valence-electron chi connectivity index (χ1n) is 10.2. The van der Waals surface area contributed by atoms with Gasteiger partial charge in [0.2, 0.25) is 0 Å². The van der Waals surface area contributed by atoms with Gasteiger partial charge in [-0.15, -0.1) is 0 Å². The van der Waals surface area contributed by atoms with Gasteiger partial charge in [-0.25, -0.2) is 0 Å². The molecular weight excluding hydrogens is 438 g/mol. The summed E-state index contributed by atoms with van der Waals surface area (Å²) in [7, 11) is 0. The topological polar surface area (TPSA) is 102 Å². The Hall–Kier alpha value is -1.48. The number of nitrogens with one attached hydrogen (secondary N) is 2. The number of hydrogen-bond acceptors (Lipinski definition) is 5. The third-order valence-electron chi connectivity index (χ3n) is 6.25. The molecule has 160 valence electrons. The third kappa shape index (κ3) is 5.36. The summed E-state index contributed by atoms with van der Waals surface area (Å²) in [6.45, 7) is 4.88. The lowest BCUT2D eigenvalue weighted by atomic mass is 9.73. The van der Waals surface area contributed by atoms with Gasteiger partial charge in [-0.3, -0.25) is 9.59 Å². The van der Waals surface area contributed by atoms with Crippen molar-refractivity contribution in [1.29, 1.82) is 0 Å². The van der Waals surface area contributed by atoms with E-state index in [1.54, 1.807) is 11.8 Å². The maximum Gasteiger partial charge on any atom is 0.254 e. The highest BCUT2D eigenvalue weighted by Gasteiger charge is 2.40. The lowest BCUT2D eigenvalue weighted by molar-refractivity contribution is -0.155. The molecule has 0 radical (unpaired) electrons. The first kappa shape index (κ1) is 22.2. The van der Waals surface area contributed by atoms with Crippen molar-refractivity contribution in [3.63, 3.8) is 0 Å². The monoisotopic (exact) mass is 467 g/mol. The average Bonchev–Trinajstić information content (AvgIpc) is 2.73. The smallest absolute Gasteiger partial charge is 0.254 e. The first-order chi connectivity index (χ1) is 13.8. The van der Waals surface area contributed by atoms with Crippen molar-refractivity contribution >= 4 is 27.7 Å². The Labute approximate surface area is 180 Å². The Morgan fingerprint density at radius 2 is 1.79 bits per heavy atom. The minimum absolute atomic E-state index is 0.232. The van der Waals surface area contributed by atoms with E-state index in [1.807, 2.05) is 24.3 Å². The molecule has 2 aliphatic rings. The second kappa shape index (κ2) is 9.55. The molecule has 3 atom stereocenters. The Balaban J connectivity index is 1.52. The molecule has 1 aromatic carbocycles. The van der Waals surface area contributed by atoms with Gasteiger partial charge in [-0.2, -0.15) is 0 Å². The highest BCUT2D eigenvalue weighted by molar-refractivity contribution is 9.10. The number of rotatable bonds is 5. The predicted octanol–water partition coefficient (Wildman–Crippen LogP) is 1.34. The fourth-order valence-corrected chi connectivity index (χ4v) is 4.52. The first-order valence-corrected chi connectivity index (χ1v) is 11.0. The average molecular weight is 468 g/mol. The Morgan fingerprint density at radius 1 is 1.14 bits per heavy atom. The van der Waals surface area contributed by atoms with Crippen LogP contribution in [-0.4, -0.2) is 65.3 Å². The van der Waals surface area contributed by atoms with Crippen LogP contribution in [0.5, 0.6) is 0 Å². The van der Waals surface area contributed by atoms with Gasteiger partial charge in [-0.05, 0) is 62.3 Å². The minimum atomic E-state index is -1.80. The molecule has 0 aliphatic carbocycles. The normalized spacial score (nSPS) is 22.0. The Bertz CT molecular complexity index is 711. The highest BCUT2D eigenvalue weighted by atomic mass is 79.9. The molecule has 29 heavy (non-hydrogen) atoms. The highest BCUT2D eigenvalue weighted by Crippen LogP contribution is 2.37. The van der Waals surface area contributed by atoms with E-state index >= 15 is 0 Å². The summed E-state index contributed by atoms with van der Waals surface area (Å²) < 4.78 is 0.924. The van der Waals surface area contributed by atoms with E-state index in [0.717, 1.165) is 48.8 Å². The number of carbonyl (C=O) groups excluding carboxylic acids is 2. The summed E-state index contributed by atoms with van der Waals surface area (Å²) in [5, 5.41) is 26.6. The molecular formula is C21H30BrN3O4. The maximum absolute atomic E-state index is 12.6. The summed E-state index contributed by atoms with van der Waals surface area (Å²) >= 11 is 3.36. The van der Waals surface area contributed by atoms with Gasteiger partial charge in [-0.1, -0.05) is 28.1 Å². The van der Waals surface area contributed by atoms with Gasteiger partial charge >= 0.3 is 0 Å². The molecule has 0 aromatic heterocycles. The second-order valence-electron chi connectivity index (χ2n) is 8.28. The van der Waals surface area contributed by atoms with E-state index in [0.29, 0.717) is 13.1 Å². The van der Waals surface area contributed by atoms with Crippen molar-refractivity contribution < 1.29 is 19.8 Å². The summed E-state index contributed by atoms with van der Waals surface area (Å²) in [5.41, 5.74) is 1.09. The number of nitrogens with zero attached hydrogens (tertiary/aromatic N) is 1. The van der Waals surface area contributed by atoms with Crippen molar-refractivity contribution in [2.45, 2.75) is 50.9 Å². The molecule has 0 bridgehead atoms. The fourth-order valence-electron chi connectivity index (χ4n) is 4.26. The SMILES string of the molecule is CC(NC(=O)C(O)C(O)C(=O)N1CCC2(CCCNC2)CC1)c1ccc(Br)cc1. The van der Waals surface area contributed by atoms with Crippen molar-refractivity contribution in [2.75, 3.05) is 26.2 Å². The van der Waals surface area contributed by atoms with E-state index in [1.165, 1.54) is 0 Å². The van der Waals surface area contributed by atoms with E-state index in [4.69, 9.17) is 0 Å². The molecule has 2 fully saturated rings. The lowest BCUT2D eigenvalue weighted by Crippen LogP contribution is -2.55. The van der Waals surface area contributed by atoms with Crippen LogP contribution in [0, 0.1) is 5.41 Å². The zero-order valence-corrected chi connectivity index (χ0v) is 18.3. The molecule has 3 rings (SSSR count). The number of likely N-dealkylation sites (tertiary alicyclic amines) is 1. The number of hydrogen-bond donors (Lipinski definition) is 4. The zero-order chi connectivity index (χ0) is 21.0.